The summed E-state index contributed by atoms with van der Waals surface area (Å²) < 4.78 is 21.9. The average Bonchev–Trinajstić information content (AvgIpc) is 2.68. The Balaban J connectivity index is 1.57. The van der Waals surface area contributed by atoms with Crippen LogP contribution in [0, 0.1) is 0 Å². The van der Waals surface area contributed by atoms with Crippen LogP contribution in [0.3, 0.4) is 0 Å². The zero-order valence-corrected chi connectivity index (χ0v) is 14.7. The van der Waals surface area contributed by atoms with Crippen LogP contribution in [0.15, 0.2) is 45.6 Å². The maximum absolute atomic E-state index is 12.3. The summed E-state index contributed by atoms with van der Waals surface area (Å²) in [5, 5.41) is 2.23. The number of benzene rings is 2. The lowest BCUT2D eigenvalue weighted by atomic mass is 10.1. The van der Waals surface area contributed by atoms with E-state index in [-0.39, 0.29) is 5.63 Å². The number of methoxy groups -OCH3 is 1. The number of ether oxygens (including phenoxy) is 3. The molecule has 1 aromatic heterocycles. The summed E-state index contributed by atoms with van der Waals surface area (Å²) in [6, 6.07) is 11.0. The standard InChI is InChI=1S/C20H21NO5/c1-23-14-2-4-16-17-5-3-15(13-19(17)26-20(22)18(16)12-14)25-11-8-21-6-9-24-10-7-21/h2-5,12-13H,6-11H2,1H3. The summed E-state index contributed by atoms with van der Waals surface area (Å²) in [7, 11) is 1.57. The first kappa shape index (κ1) is 16.9. The highest BCUT2D eigenvalue weighted by molar-refractivity contribution is 6.04. The second-order valence-electron chi connectivity index (χ2n) is 6.26. The lowest BCUT2D eigenvalue weighted by Gasteiger charge is -2.26. The van der Waals surface area contributed by atoms with E-state index in [1.807, 2.05) is 24.3 Å². The predicted molar refractivity (Wildman–Crippen MR) is 99.3 cm³/mol. The number of hydrogen-bond donors (Lipinski definition) is 0. The van der Waals surface area contributed by atoms with Crippen molar-refractivity contribution < 1.29 is 18.6 Å². The van der Waals surface area contributed by atoms with Gasteiger partial charge in [0, 0.05) is 36.5 Å². The Labute approximate surface area is 150 Å². The van der Waals surface area contributed by atoms with Crippen LogP contribution in [0.5, 0.6) is 11.5 Å². The molecule has 0 atom stereocenters. The molecule has 0 aliphatic carbocycles. The van der Waals surface area contributed by atoms with Gasteiger partial charge in [-0.05, 0) is 30.3 Å². The van der Waals surface area contributed by atoms with Gasteiger partial charge in [0.1, 0.15) is 23.7 Å². The van der Waals surface area contributed by atoms with Crippen LogP contribution in [-0.2, 0) is 4.74 Å². The molecule has 1 aliphatic heterocycles. The van der Waals surface area contributed by atoms with Crippen molar-refractivity contribution in [1.29, 1.82) is 0 Å². The molecule has 6 nitrogen and oxygen atoms in total. The van der Waals surface area contributed by atoms with Crippen molar-refractivity contribution in [2.24, 2.45) is 0 Å². The van der Waals surface area contributed by atoms with Gasteiger partial charge >= 0.3 is 5.63 Å². The minimum Gasteiger partial charge on any atom is -0.497 e. The molecule has 2 heterocycles. The van der Waals surface area contributed by atoms with Gasteiger partial charge in [0.25, 0.3) is 0 Å². The van der Waals surface area contributed by atoms with E-state index in [1.54, 1.807) is 19.2 Å². The van der Waals surface area contributed by atoms with Crippen molar-refractivity contribution in [2.75, 3.05) is 46.6 Å². The van der Waals surface area contributed by atoms with Gasteiger partial charge in [0.2, 0.25) is 0 Å². The van der Waals surface area contributed by atoms with E-state index in [9.17, 15) is 4.79 Å². The van der Waals surface area contributed by atoms with Crippen LogP contribution in [0.25, 0.3) is 21.7 Å². The van der Waals surface area contributed by atoms with Crippen LogP contribution < -0.4 is 15.1 Å². The molecule has 1 aliphatic rings. The largest absolute Gasteiger partial charge is 0.497 e. The zero-order valence-electron chi connectivity index (χ0n) is 14.7. The second-order valence-corrected chi connectivity index (χ2v) is 6.26. The number of fused-ring (bicyclic) bond motifs is 3. The molecular formula is C20H21NO5. The third kappa shape index (κ3) is 3.38. The van der Waals surface area contributed by atoms with E-state index in [4.69, 9.17) is 18.6 Å². The van der Waals surface area contributed by atoms with Crippen molar-refractivity contribution in [1.82, 2.24) is 4.90 Å². The second kappa shape index (κ2) is 7.35. The monoisotopic (exact) mass is 355 g/mol. The SMILES string of the molecule is COc1ccc2c(c1)c(=O)oc1cc(OCCN3CCOCC3)ccc12. The van der Waals surface area contributed by atoms with E-state index < -0.39 is 0 Å². The first-order valence-electron chi connectivity index (χ1n) is 8.72. The molecule has 26 heavy (non-hydrogen) atoms. The third-order valence-electron chi connectivity index (χ3n) is 4.67. The normalized spacial score (nSPS) is 15.4. The molecule has 0 saturated carbocycles. The van der Waals surface area contributed by atoms with Gasteiger partial charge in [-0.1, -0.05) is 0 Å². The van der Waals surface area contributed by atoms with Gasteiger partial charge in [-0.25, -0.2) is 4.79 Å². The van der Waals surface area contributed by atoms with Gasteiger partial charge in [-0.15, -0.1) is 0 Å². The van der Waals surface area contributed by atoms with Gasteiger partial charge in [-0.3, -0.25) is 4.90 Å². The lowest BCUT2D eigenvalue weighted by molar-refractivity contribution is 0.0322. The maximum atomic E-state index is 12.3. The van der Waals surface area contributed by atoms with Crippen LogP contribution >= 0.6 is 0 Å². The first-order chi connectivity index (χ1) is 12.7. The van der Waals surface area contributed by atoms with E-state index in [0.29, 0.717) is 29.1 Å². The quantitative estimate of drug-likeness (QED) is 0.518. The van der Waals surface area contributed by atoms with Crippen molar-refractivity contribution in [3.8, 4) is 11.5 Å². The van der Waals surface area contributed by atoms with Gasteiger partial charge in [0.05, 0.1) is 25.7 Å². The summed E-state index contributed by atoms with van der Waals surface area (Å²) in [4.78, 5) is 14.6. The Hall–Kier alpha value is -2.57. The molecule has 2 aromatic carbocycles. The van der Waals surface area contributed by atoms with Crippen LogP contribution in [0.1, 0.15) is 0 Å². The lowest BCUT2D eigenvalue weighted by Crippen LogP contribution is -2.38. The fraction of sp³-hybridized carbons (Fsp3) is 0.350. The molecule has 136 valence electrons. The number of nitrogens with zero attached hydrogens (tertiary/aromatic N) is 1. The molecule has 3 aromatic rings. The van der Waals surface area contributed by atoms with Gasteiger partial charge < -0.3 is 18.6 Å². The highest BCUT2D eigenvalue weighted by atomic mass is 16.5. The molecule has 6 heteroatoms. The fourth-order valence-electron chi connectivity index (χ4n) is 3.23. The Morgan fingerprint density at radius 1 is 1.00 bits per heavy atom. The summed E-state index contributed by atoms with van der Waals surface area (Å²) in [6.45, 7) is 4.86. The first-order valence-corrected chi connectivity index (χ1v) is 8.72. The highest BCUT2D eigenvalue weighted by Gasteiger charge is 2.11. The molecule has 0 spiro atoms. The van der Waals surface area contributed by atoms with Crippen molar-refractivity contribution >= 4 is 21.7 Å². The summed E-state index contributed by atoms with van der Waals surface area (Å²) in [6.07, 6.45) is 0. The number of morpholine rings is 1. The summed E-state index contributed by atoms with van der Waals surface area (Å²) in [5.74, 6) is 1.33. The highest BCUT2D eigenvalue weighted by Crippen LogP contribution is 2.28. The molecule has 0 N–H and O–H groups in total. The molecule has 0 unspecified atom stereocenters. The van der Waals surface area contributed by atoms with Gasteiger partial charge in [0.15, 0.2) is 0 Å². The van der Waals surface area contributed by atoms with E-state index >= 15 is 0 Å². The minimum atomic E-state index is -0.378. The van der Waals surface area contributed by atoms with Crippen LogP contribution in [0.4, 0.5) is 0 Å². The molecule has 4 rings (SSSR count). The minimum absolute atomic E-state index is 0.378. The predicted octanol–water partition coefficient (Wildman–Crippen LogP) is 2.67. The maximum Gasteiger partial charge on any atom is 0.344 e. The Morgan fingerprint density at radius 2 is 1.77 bits per heavy atom. The smallest absolute Gasteiger partial charge is 0.344 e. The van der Waals surface area contributed by atoms with Crippen molar-refractivity contribution in [2.45, 2.75) is 0 Å². The van der Waals surface area contributed by atoms with E-state index in [2.05, 4.69) is 4.90 Å². The van der Waals surface area contributed by atoms with Crippen molar-refractivity contribution in [3.63, 3.8) is 0 Å². The molecular weight excluding hydrogens is 334 g/mol. The molecule has 0 radical (unpaired) electrons. The van der Waals surface area contributed by atoms with Crippen LogP contribution in [0.2, 0.25) is 0 Å². The zero-order chi connectivity index (χ0) is 17.9. The summed E-state index contributed by atoms with van der Waals surface area (Å²) in [5.41, 5.74) is 0.147. The van der Waals surface area contributed by atoms with Crippen molar-refractivity contribution in [3.05, 3.63) is 46.8 Å². The topological polar surface area (TPSA) is 61.1 Å². The average molecular weight is 355 g/mol. The Bertz CT molecular complexity index is 975. The van der Waals surface area contributed by atoms with Crippen LogP contribution in [-0.4, -0.2) is 51.5 Å². The fourth-order valence-corrected chi connectivity index (χ4v) is 3.23. The molecule has 1 fully saturated rings. The number of hydrogen-bond acceptors (Lipinski definition) is 6. The molecule has 0 amide bonds. The van der Waals surface area contributed by atoms with Gasteiger partial charge in [-0.2, -0.15) is 0 Å². The molecule has 1 saturated heterocycles. The Morgan fingerprint density at radius 3 is 2.58 bits per heavy atom. The van der Waals surface area contributed by atoms with E-state index in [0.717, 1.165) is 43.6 Å². The van der Waals surface area contributed by atoms with E-state index in [1.165, 1.54) is 0 Å². The summed E-state index contributed by atoms with van der Waals surface area (Å²) >= 11 is 0. The Kier molecular flexibility index (Phi) is 4.77. The molecule has 0 bridgehead atoms. The number of rotatable bonds is 5. The third-order valence-corrected chi connectivity index (χ3v) is 4.67.